The number of nitrogens with zero attached hydrogens (tertiary/aromatic N) is 3. The molecule has 0 aliphatic carbocycles. The number of fused-ring (bicyclic) bond motifs is 1. The Morgan fingerprint density at radius 1 is 1.15 bits per heavy atom. The van der Waals surface area contributed by atoms with Crippen LogP contribution < -0.4 is 4.74 Å². The average Bonchev–Trinajstić information content (AvgIpc) is 3.39. The van der Waals surface area contributed by atoms with Gasteiger partial charge in [0, 0.05) is 40.8 Å². The molecule has 0 radical (unpaired) electrons. The van der Waals surface area contributed by atoms with Gasteiger partial charge in [-0.05, 0) is 76.5 Å². The Morgan fingerprint density at radius 3 is 2.54 bits per heavy atom. The van der Waals surface area contributed by atoms with Crippen LogP contribution in [0, 0.1) is 20.8 Å². The number of aromatic carboxylic acids is 1. The zero-order valence-corrected chi connectivity index (χ0v) is 24.3. The normalized spacial score (nSPS) is 11.6. The third kappa shape index (κ3) is 6.30. The predicted octanol–water partition coefficient (Wildman–Crippen LogP) is 5.94. The van der Waals surface area contributed by atoms with E-state index >= 15 is 0 Å². The molecule has 0 fully saturated rings. The summed E-state index contributed by atoms with van der Waals surface area (Å²) >= 11 is 6.27. The fourth-order valence-electron chi connectivity index (χ4n) is 4.90. The summed E-state index contributed by atoms with van der Waals surface area (Å²) in [5, 5.41) is 16.4. The van der Waals surface area contributed by atoms with Gasteiger partial charge in [-0.1, -0.05) is 29.8 Å². The van der Waals surface area contributed by atoms with Crippen LogP contribution in [0.25, 0.3) is 22.0 Å². The van der Waals surface area contributed by atoms with Crippen molar-refractivity contribution in [2.45, 2.75) is 40.2 Å². The maximum Gasteiger partial charge on any atom is 0.352 e. The van der Waals surface area contributed by atoms with Crippen molar-refractivity contribution in [3.63, 3.8) is 0 Å². The van der Waals surface area contributed by atoms with Gasteiger partial charge in [0.1, 0.15) is 11.4 Å². The number of rotatable bonds is 12. The first-order valence-electron chi connectivity index (χ1n) is 13.1. The first-order chi connectivity index (χ1) is 18.6. The number of carboxylic acid groups (broad SMARTS) is 1. The van der Waals surface area contributed by atoms with Crippen molar-refractivity contribution in [2.75, 3.05) is 33.9 Å². The summed E-state index contributed by atoms with van der Waals surface area (Å²) in [5.41, 5.74) is 7.42. The van der Waals surface area contributed by atoms with Crippen molar-refractivity contribution in [1.29, 1.82) is 0 Å². The molecule has 0 aliphatic rings. The summed E-state index contributed by atoms with van der Waals surface area (Å²) in [6, 6.07) is 9.81. The van der Waals surface area contributed by atoms with E-state index in [9.17, 15) is 9.90 Å². The fraction of sp³-hybridized carbons (Fsp3) is 0.400. The smallest absolute Gasteiger partial charge is 0.352 e. The lowest BCUT2D eigenvalue weighted by molar-refractivity contribution is 0.0690. The topological polar surface area (TPSA) is 92.6 Å². The number of aromatic nitrogens is 3. The van der Waals surface area contributed by atoms with Crippen LogP contribution in [0.5, 0.6) is 5.75 Å². The van der Waals surface area contributed by atoms with Gasteiger partial charge in [-0.2, -0.15) is 5.10 Å². The lowest BCUT2D eigenvalue weighted by Gasteiger charge is -2.11. The molecule has 0 amide bonds. The number of H-pyrrole nitrogens is 1. The number of halogens is 1. The molecular formula is C30H37ClN4O4. The van der Waals surface area contributed by atoms with Crippen LogP contribution in [-0.4, -0.2) is 64.6 Å². The molecule has 0 atom stereocenters. The van der Waals surface area contributed by atoms with Crippen LogP contribution in [0.4, 0.5) is 0 Å². The number of likely N-dealkylation sites (N-methyl/N-ethyl adjacent to an activating group) is 1. The van der Waals surface area contributed by atoms with E-state index in [0.29, 0.717) is 32.7 Å². The van der Waals surface area contributed by atoms with Gasteiger partial charge in [0.2, 0.25) is 0 Å². The molecule has 0 aliphatic heterocycles. The van der Waals surface area contributed by atoms with E-state index in [1.54, 1.807) is 0 Å². The molecule has 0 saturated carbocycles. The number of aryl methyl sites for hydroxylation is 4. The van der Waals surface area contributed by atoms with E-state index in [0.717, 1.165) is 67.4 Å². The van der Waals surface area contributed by atoms with Crippen LogP contribution in [-0.2, 0) is 24.8 Å². The van der Waals surface area contributed by atoms with Gasteiger partial charge in [0.05, 0.1) is 31.0 Å². The van der Waals surface area contributed by atoms with Gasteiger partial charge in [-0.3, -0.25) is 4.68 Å². The van der Waals surface area contributed by atoms with Gasteiger partial charge in [-0.25, -0.2) is 4.79 Å². The van der Waals surface area contributed by atoms with E-state index in [2.05, 4.69) is 9.88 Å². The highest BCUT2D eigenvalue weighted by Gasteiger charge is 2.23. The average molecular weight is 553 g/mol. The molecule has 208 valence electrons. The Hall–Kier alpha value is -3.33. The number of carbonyl (C=O) groups is 1. The van der Waals surface area contributed by atoms with Crippen LogP contribution >= 0.6 is 11.6 Å². The molecule has 8 nitrogen and oxygen atoms in total. The maximum atomic E-state index is 12.3. The minimum Gasteiger partial charge on any atom is -0.494 e. The summed E-state index contributed by atoms with van der Waals surface area (Å²) in [4.78, 5) is 17.5. The van der Waals surface area contributed by atoms with Crippen LogP contribution in [0.2, 0.25) is 5.02 Å². The zero-order chi connectivity index (χ0) is 28.3. The third-order valence-corrected chi connectivity index (χ3v) is 7.60. The van der Waals surface area contributed by atoms with Gasteiger partial charge in [0.25, 0.3) is 0 Å². The number of hydrogen-bond donors (Lipinski definition) is 2. The van der Waals surface area contributed by atoms with Crippen molar-refractivity contribution in [2.24, 2.45) is 7.05 Å². The van der Waals surface area contributed by atoms with E-state index < -0.39 is 5.97 Å². The molecule has 0 saturated heterocycles. The van der Waals surface area contributed by atoms with Gasteiger partial charge >= 0.3 is 5.97 Å². The molecule has 4 aromatic rings. The summed E-state index contributed by atoms with van der Waals surface area (Å²) in [7, 11) is 5.93. The SMILES string of the molecule is Cc1cc(OCCCc2c(C(=O)O)[nH]c3c(-c4c(COCCN(C)C)nn(C)c4C)cccc23)cc(C)c1Cl. The molecule has 39 heavy (non-hydrogen) atoms. The zero-order valence-electron chi connectivity index (χ0n) is 23.5. The summed E-state index contributed by atoms with van der Waals surface area (Å²) in [6.07, 6.45) is 1.22. The Labute approximate surface area is 234 Å². The van der Waals surface area contributed by atoms with Crippen molar-refractivity contribution >= 4 is 28.5 Å². The van der Waals surface area contributed by atoms with Crippen LogP contribution in [0.15, 0.2) is 30.3 Å². The van der Waals surface area contributed by atoms with Gasteiger partial charge in [-0.15, -0.1) is 0 Å². The first-order valence-corrected chi connectivity index (χ1v) is 13.5. The third-order valence-electron chi connectivity index (χ3n) is 7.00. The molecule has 2 N–H and O–H groups in total. The van der Waals surface area contributed by atoms with Gasteiger partial charge in [0.15, 0.2) is 0 Å². The largest absolute Gasteiger partial charge is 0.494 e. The summed E-state index contributed by atoms with van der Waals surface area (Å²) in [6.45, 7) is 8.18. The number of aromatic amines is 1. The number of nitrogens with one attached hydrogen (secondary N) is 1. The van der Waals surface area contributed by atoms with E-state index in [-0.39, 0.29) is 5.69 Å². The molecule has 0 unspecified atom stereocenters. The van der Waals surface area contributed by atoms with E-state index in [1.807, 2.05) is 76.9 Å². The monoisotopic (exact) mass is 552 g/mol. The Morgan fingerprint density at radius 2 is 1.87 bits per heavy atom. The lowest BCUT2D eigenvalue weighted by Crippen LogP contribution is -2.18. The number of hydrogen-bond acceptors (Lipinski definition) is 5. The fourth-order valence-corrected chi connectivity index (χ4v) is 5.01. The molecular weight excluding hydrogens is 516 g/mol. The number of benzene rings is 2. The number of ether oxygens (including phenoxy) is 2. The highest BCUT2D eigenvalue weighted by Crippen LogP contribution is 2.36. The molecule has 0 bridgehead atoms. The van der Waals surface area contributed by atoms with Crippen LogP contribution in [0.3, 0.4) is 0 Å². The molecule has 2 heterocycles. The second-order valence-corrected chi connectivity index (χ2v) is 10.6. The molecule has 0 spiro atoms. The van der Waals surface area contributed by atoms with Crippen molar-refractivity contribution < 1.29 is 19.4 Å². The standard InChI is InChI=1S/C30H37ClN4O4/c1-18-15-21(16-19(2)27(18)31)39-13-8-11-23-22-9-7-10-24(28(22)32-29(23)30(36)37)26-20(3)35(6)33-25(26)17-38-14-12-34(4)5/h7,9-10,15-16,32H,8,11-14,17H2,1-6H3,(H,36,37). The predicted molar refractivity (Wildman–Crippen MR) is 155 cm³/mol. The Balaban J connectivity index is 1.60. The quantitative estimate of drug-likeness (QED) is 0.211. The second kappa shape index (κ2) is 12.2. The lowest BCUT2D eigenvalue weighted by atomic mass is 9.98. The van der Waals surface area contributed by atoms with Crippen molar-refractivity contribution in [3.05, 3.63) is 69.1 Å². The highest BCUT2D eigenvalue weighted by molar-refractivity contribution is 6.32. The summed E-state index contributed by atoms with van der Waals surface area (Å²) in [5.74, 6) is -0.214. The van der Waals surface area contributed by atoms with Gasteiger partial charge < -0.3 is 24.5 Å². The van der Waals surface area contributed by atoms with E-state index in [4.69, 9.17) is 26.2 Å². The molecule has 4 rings (SSSR count). The number of para-hydroxylation sites is 1. The minimum absolute atomic E-state index is 0.209. The Bertz CT molecular complexity index is 1470. The van der Waals surface area contributed by atoms with Crippen LogP contribution in [0.1, 0.15) is 45.0 Å². The Kier molecular flexibility index (Phi) is 9.00. The highest BCUT2D eigenvalue weighted by atomic mass is 35.5. The maximum absolute atomic E-state index is 12.3. The molecule has 2 aromatic heterocycles. The van der Waals surface area contributed by atoms with Crippen molar-refractivity contribution in [1.82, 2.24) is 19.7 Å². The molecule has 2 aromatic carbocycles. The second-order valence-electron chi connectivity index (χ2n) is 10.2. The first kappa shape index (κ1) is 28.7. The summed E-state index contributed by atoms with van der Waals surface area (Å²) < 4.78 is 13.7. The molecule has 9 heteroatoms. The van der Waals surface area contributed by atoms with E-state index in [1.165, 1.54) is 0 Å². The van der Waals surface area contributed by atoms with Crippen molar-refractivity contribution in [3.8, 4) is 16.9 Å². The minimum atomic E-state index is -0.979. The number of carboxylic acids is 1.